The molecule has 0 bridgehead atoms. The van der Waals surface area contributed by atoms with Gasteiger partial charge in [0, 0.05) is 17.2 Å². The van der Waals surface area contributed by atoms with Gasteiger partial charge in [0.1, 0.15) is 41.7 Å². The van der Waals surface area contributed by atoms with Crippen LogP contribution in [0.15, 0.2) is 24.3 Å². The average Bonchev–Trinajstić information content (AvgIpc) is 2.71. The Hall–Kier alpha value is -3.02. The number of ketones is 2. The first-order valence-corrected chi connectivity index (χ1v) is 9.41. The topological polar surface area (TPSA) is 174 Å². The van der Waals surface area contributed by atoms with Gasteiger partial charge < -0.3 is 40.1 Å². The molecule has 6 N–H and O–H groups in total. The number of phenols is 2. The molecule has 2 aromatic carbocycles. The van der Waals surface area contributed by atoms with Crippen molar-refractivity contribution < 1.29 is 49.7 Å². The summed E-state index contributed by atoms with van der Waals surface area (Å²) in [5.41, 5.74) is -0.154. The lowest BCUT2D eigenvalue weighted by molar-refractivity contribution is -0.277. The number of aliphatic hydroxyl groups is 4. The van der Waals surface area contributed by atoms with Gasteiger partial charge >= 0.3 is 0 Å². The van der Waals surface area contributed by atoms with Crippen molar-refractivity contribution in [2.24, 2.45) is 0 Å². The molecule has 0 aromatic heterocycles. The summed E-state index contributed by atoms with van der Waals surface area (Å²) in [6.07, 6.45) is -8.02. The van der Waals surface area contributed by atoms with E-state index in [4.69, 9.17) is 9.47 Å². The molecule has 0 unspecified atom stereocenters. The molecular weight excluding hydrogens is 412 g/mol. The fraction of sp³-hybridized carbons (Fsp3) is 0.333. The SMILES string of the molecule is Cc1cc(O)c2c(c1)C(=O)c1cc(O)cc(O[C@H]3O[C@H](CO)[C@@H](O)[C@@H](O)[C@H]3O)c1C2=O. The van der Waals surface area contributed by atoms with Gasteiger partial charge in [0.05, 0.1) is 17.7 Å². The summed E-state index contributed by atoms with van der Waals surface area (Å²) < 4.78 is 10.8. The highest BCUT2D eigenvalue weighted by molar-refractivity contribution is 6.30. The lowest BCUT2D eigenvalue weighted by atomic mass is 9.82. The number of ether oxygens (including phenoxy) is 2. The van der Waals surface area contributed by atoms with Crippen molar-refractivity contribution in [1.29, 1.82) is 0 Å². The van der Waals surface area contributed by atoms with E-state index in [-0.39, 0.29) is 28.0 Å². The maximum atomic E-state index is 13.2. The zero-order valence-electron chi connectivity index (χ0n) is 16.2. The highest BCUT2D eigenvalue weighted by Crippen LogP contribution is 2.40. The van der Waals surface area contributed by atoms with Crippen LogP contribution in [0.1, 0.15) is 37.4 Å². The quantitative estimate of drug-likeness (QED) is 0.312. The van der Waals surface area contributed by atoms with E-state index >= 15 is 0 Å². The summed E-state index contributed by atoms with van der Waals surface area (Å²) in [5.74, 6) is -2.53. The third kappa shape index (κ3) is 3.34. The minimum atomic E-state index is -1.77. The molecule has 0 saturated carbocycles. The van der Waals surface area contributed by atoms with Crippen molar-refractivity contribution in [2.45, 2.75) is 37.6 Å². The van der Waals surface area contributed by atoms with Crippen LogP contribution in [0, 0.1) is 6.92 Å². The summed E-state index contributed by atoms with van der Waals surface area (Å²) in [7, 11) is 0. The van der Waals surface area contributed by atoms with Crippen LogP contribution in [0.25, 0.3) is 0 Å². The molecule has 1 saturated heterocycles. The van der Waals surface area contributed by atoms with Crippen molar-refractivity contribution in [3.8, 4) is 17.2 Å². The number of fused-ring (bicyclic) bond motifs is 2. The largest absolute Gasteiger partial charge is 0.508 e. The first kappa shape index (κ1) is 21.2. The Bertz CT molecular complexity index is 1080. The van der Waals surface area contributed by atoms with Gasteiger partial charge in [-0.3, -0.25) is 9.59 Å². The lowest BCUT2D eigenvalue weighted by Crippen LogP contribution is -2.60. The molecule has 5 atom stereocenters. The molecule has 2 aliphatic rings. The number of aromatic hydroxyl groups is 2. The molecule has 10 nitrogen and oxygen atoms in total. The molecule has 2 aromatic rings. The highest BCUT2D eigenvalue weighted by Gasteiger charge is 2.45. The van der Waals surface area contributed by atoms with E-state index in [1.165, 1.54) is 12.1 Å². The monoisotopic (exact) mass is 432 g/mol. The normalized spacial score (nSPS) is 27.6. The maximum absolute atomic E-state index is 13.2. The Morgan fingerprint density at radius 1 is 0.903 bits per heavy atom. The van der Waals surface area contributed by atoms with Gasteiger partial charge in [-0.2, -0.15) is 0 Å². The van der Waals surface area contributed by atoms with Crippen LogP contribution < -0.4 is 4.74 Å². The minimum absolute atomic E-state index is 0.0283. The maximum Gasteiger partial charge on any atom is 0.229 e. The number of aliphatic hydroxyl groups excluding tert-OH is 4. The number of carbonyl (C=O) groups is 2. The van der Waals surface area contributed by atoms with Gasteiger partial charge in [-0.05, 0) is 30.7 Å². The number of carbonyl (C=O) groups excluding carboxylic acids is 2. The van der Waals surface area contributed by atoms with Crippen molar-refractivity contribution in [2.75, 3.05) is 6.61 Å². The molecule has 10 heteroatoms. The summed E-state index contributed by atoms with van der Waals surface area (Å²) in [4.78, 5) is 26.2. The fourth-order valence-corrected chi connectivity index (χ4v) is 3.85. The van der Waals surface area contributed by atoms with E-state index in [0.29, 0.717) is 5.56 Å². The molecule has 4 rings (SSSR count). The predicted octanol–water partition coefficient (Wildman–Crippen LogP) is -0.640. The third-order valence-electron chi connectivity index (χ3n) is 5.38. The molecule has 0 amide bonds. The molecule has 1 aliphatic carbocycles. The summed E-state index contributed by atoms with van der Waals surface area (Å²) >= 11 is 0. The molecule has 31 heavy (non-hydrogen) atoms. The molecule has 1 heterocycles. The Labute approximate surface area is 175 Å². The zero-order valence-corrected chi connectivity index (χ0v) is 16.2. The van der Waals surface area contributed by atoms with Crippen molar-refractivity contribution in [3.63, 3.8) is 0 Å². The number of rotatable bonds is 3. The van der Waals surface area contributed by atoms with Crippen LogP contribution in [-0.2, 0) is 4.74 Å². The molecule has 1 fully saturated rings. The number of phenolic OH excluding ortho intramolecular Hbond substituents is 2. The number of benzene rings is 2. The van der Waals surface area contributed by atoms with Gasteiger partial charge in [0.15, 0.2) is 5.78 Å². The second-order valence-corrected chi connectivity index (χ2v) is 7.55. The number of hydrogen-bond acceptors (Lipinski definition) is 10. The van der Waals surface area contributed by atoms with Gasteiger partial charge in [0.25, 0.3) is 0 Å². The molecule has 0 radical (unpaired) electrons. The van der Waals surface area contributed by atoms with Crippen molar-refractivity contribution >= 4 is 11.6 Å². The summed E-state index contributed by atoms with van der Waals surface area (Å²) in [5, 5.41) is 59.8. The second-order valence-electron chi connectivity index (χ2n) is 7.55. The van der Waals surface area contributed by atoms with E-state index < -0.39 is 60.4 Å². The van der Waals surface area contributed by atoms with Crippen LogP contribution in [0.5, 0.6) is 17.2 Å². The Balaban J connectivity index is 1.79. The van der Waals surface area contributed by atoms with Crippen LogP contribution in [-0.4, -0.2) is 79.5 Å². The van der Waals surface area contributed by atoms with Crippen LogP contribution in [0.3, 0.4) is 0 Å². The van der Waals surface area contributed by atoms with Gasteiger partial charge in [-0.25, -0.2) is 0 Å². The molecular formula is C21H20O10. The van der Waals surface area contributed by atoms with E-state index in [1.54, 1.807) is 6.92 Å². The van der Waals surface area contributed by atoms with Gasteiger partial charge in [-0.1, -0.05) is 0 Å². The number of aryl methyl sites for hydroxylation is 1. The van der Waals surface area contributed by atoms with Crippen molar-refractivity contribution in [3.05, 3.63) is 52.1 Å². The Morgan fingerprint density at radius 3 is 2.26 bits per heavy atom. The Morgan fingerprint density at radius 2 is 1.58 bits per heavy atom. The smallest absolute Gasteiger partial charge is 0.229 e. The van der Waals surface area contributed by atoms with E-state index in [9.17, 15) is 40.2 Å². The Kier molecular flexibility index (Phi) is 5.20. The minimum Gasteiger partial charge on any atom is -0.508 e. The van der Waals surface area contributed by atoms with E-state index in [2.05, 4.69) is 0 Å². The average molecular weight is 432 g/mol. The molecule has 0 spiro atoms. The zero-order chi connectivity index (χ0) is 22.6. The summed E-state index contributed by atoms with van der Waals surface area (Å²) in [6.45, 7) is 0.949. The van der Waals surface area contributed by atoms with Gasteiger partial charge in [-0.15, -0.1) is 0 Å². The standard InChI is InChI=1S/C21H20O10/c1-7-2-9-14(11(24)3-7)18(27)15-10(16(9)25)4-8(23)5-12(15)30-21-20(29)19(28)17(26)13(6-22)31-21/h2-5,13,17,19-24,26,28-29H,6H2,1H3/t13-,17-,19-,20-,21+/m1/s1. The van der Waals surface area contributed by atoms with E-state index in [1.807, 2.05) is 0 Å². The van der Waals surface area contributed by atoms with Crippen LogP contribution >= 0.6 is 0 Å². The molecule has 164 valence electrons. The summed E-state index contributed by atoms with van der Waals surface area (Å²) in [6, 6.07) is 4.87. The highest BCUT2D eigenvalue weighted by atomic mass is 16.7. The second kappa shape index (κ2) is 7.59. The predicted molar refractivity (Wildman–Crippen MR) is 102 cm³/mol. The van der Waals surface area contributed by atoms with Gasteiger partial charge in [0.2, 0.25) is 12.1 Å². The lowest BCUT2D eigenvalue weighted by Gasteiger charge is -2.39. The van der Waals surface area contributed by atoms with Crippen LogP contribution in [0.2, 0.25) is 0 Å². The van der Waals surface area contributed by atoms with Crippen LogP contribution in [0.4, 0.5) is 0 Å². The van der Waals surface area contributed by atoms with E-state index in [0.717, 1.165) is 12.1 Å². The number of hydrogen-bond donors (Lipinski definition) is 6. The first-order chi connectivity index (χ1) is 14.6. The van der Waals surface area contributed by atoms with Crippen molar-refractivity contribution in [1.82, 2.24) is 0 Å². The third-order valence-corrected chi connectivity index (χ3v) is 5.38. The fourth-order valence-electron chi connectivity index (χ4n) is 3.85. The molecule has 1 aliphatic heterocycles. The first-order valence-electron chi connectivity index (χ1n) is 9.41.